The summed E-state index contributed by atoms with van der Waals surface area (Å²) in [6.07, 6.45) is -0.694. The summed E-state index contributed by atoms with van der Waals surface area (Å²) in [5.74, 6) is 1.06. The molecule has 0 aliphatic rings. The van der Waals surface area contributed by atoms with Crippen LogP contribution < -0.4 is 4.74 Å². The molecule has 2 aromatic rings. The first-order valence-corrected chi connectivity index (χ1v) is 7.39. The molecule has 3 nitrogen and oxygen atoms in total. The molecule has 0 saturated heterocycles. The molecule has 2 rings (SSSR count). The van der Waals surface area contributed by atoms with Gasteiger partial charge in [0.15, 0.2) is 0 Å². The summed E-state index contributed by atoms with van der Waals surface area (Å²) in [6, 6.07) is 12.2. The summed E-state index contributed by atoms with van der Waals surface area (Å²) in [4.78, 5) is 0.990. The fourth-order valence-corrected chi connectivity index (χ4v) is 2.93. The normalized spacial score (nSPS) is 12.2. The second kappa shape index (κ2) is 6.88. The molecule has 0 aliphatic heterocycles. The number of ether oxygens (including phenoxy) is 1. The first-order chi connectivity index (χ1) is 9.58. The Morgan fingerprint density at radius 2 is 2.05 bits per heavy atom. The van der Waals surface area contributed by atoms with Crippen LogP contribution in [0.2, 0.25) is 5.02 Å². The third-order valence-corrected chi connectivity index (χ3v) is 4.04. The van der Waals surface area contributed by atoms with Crippen LogP contribution in [0.25, 0.3) is 0 Å². The lowest BCUT2D eigenvalue weighted by Crippen LogP contribution is -2.01. The van der Waals surface area contributed by atoms with Gasteiger partial charge in [-0.15, -0.1) is 11.8 Å². The summed E-state index contributed by atoms with van der Waals surface area (Å²) in [5.41, 5.74) is 0.622. The fraction of sp³-hybridized carbons (Fsp3) is 0.200. The van der Waals surface area contributed by atoms with Gasteiger partial charge in [0.05, 0.1) is 13.2 Å². The van der Waals surface area contributed by atoms with Crippen LogP contribution in [0.3, 0.4) is 0 Å². The lowest BCUT2D eigenvalue weighted by atomic mass is 10.1. The number of phenolic OH excluding ortho intramolecular Hbond substituents is 1. The first kappa shape index (κ1) is 15.0. The largest absolute Gasteiger partial charge is 0.508 e. The number of phenols is 1. The van der Waals surface area contributed by atoms with E-state index in [2.05, 4.69) is 0 Å². The van der Waals surface area contributed by atoms with Gasteiger partial charge < -0.3 is 14.9 Å². The van der Waals surface area contributed by atoms with Crippen LogP contribution in [0, 0.1) is 0 Å². The molecule has 5 heteroatoms. The predicted molar refractivity (Wildman–Crippen MR) is 81.8 cm³/mol. The van der Waals surface area contributed by atoms with Gasteiger partial charge in [0.1, 0.15) is 11.5 Å². The number of hydrogen-bond acceptors (Lipinski definition) is 4. The average molecular weight is 311 g/mol. The molecule has 0 heterocycles. The zero-order valence-corrected chi connectivity index (χ0v) is 12.5. The fourth-order valence-electron chi connectivity index (χ4n) is 1.74. The van der Waals surface area contributed by atoms with Crippen LogP contribution in [0.5, 0.6) is 11.5 Å². The van der Waals surface area contributed by atoms with Crippen molar-refractivity contribution in [3.05, 3.63) is 53.1 Å². The Balaban J connectivity index is 2.04. The van der Waals surface area contributed by atoms with E-state index in [9.17, 15) is 10.2 Å². The lowest BCUT2D eigenvalue weighted by Gasteiger charge is -2.12. The van der Waals surface area contributed by atoms with Crippen LogP contribution in [0.4, 0.5) is 0 Å². The minimum Gasteiger partial charge on any atom is -0.508 e. The summed E-state index contributed by atoms with van der Waals surface area (Å²) >= 11 is 7.41. The van der Waals surface area contributed by atoms with Crippen molar-refractivity contribution in [2.75, 3.05) is 12.9 Å². The first-order valence-electron chi connectivity index (χ1n) is 6.03. The van der Waals surface area contributed by atoms with Gasteiger partial charge in [-0.25, -0.2) is 0 Å². The number of aliphatic hydroxyl groups is 1. The van der Waals surface area contributed by atoms with Gasteiger partial charge in [0.2, 0.25) is 0 Å². The molecule has 2 aromatic carbocycles. The summed E-state index contributed by atoms with van der Waals surface area (Å²) in [5, 5.41) is 20.4. The van der Waals surface area contributed by atoms with E-state index in [1.807, 2.05) is 24.3 Å². The quantitative estimate of drug-likeness (QED) is 0.823. The Kier molecular flexibility index (Phi) is 5.17. The van der Waals surface area contributed by atoms with Crippen molar-refractivity contribution in [2.45, 2.75) is 11.0 Å². The third kappa shape index (κ3) is 4.07. The number of aliphatic hydroxyl groups excluding tert-OH is 1. The van der Waals surface area contributed by atoms with Crippen molar-refractivity contribution in [2.24, 2.45) is 0 Å². The molecular formula is C15H15ClO3S. The Morgan fingerprint density at radius 3 is 2.75 bits per heavy atom. The Labute approximate surface area is 127 Å². The number of aromatic hydroxyl groups is 1. The zero-order valence-electron chi connectivity index (χ0n) is 10.9. The van der Waals surface area contributed by atoms with E-state index in [0.29, 0.717) is 22.1 Å². The van der Waals surface area contributed by atoms with E-state index in [1.54, 1.807) is 6.07 Å². The Bertz CT molecular complexity index is 589. The van der Waals surface area contributed by atoms with Crippen molar-refractivity contribution >= 4 is 23.4 Å². The standard InChI is InChI=1S/C15H15ClO3S/c1-19-13-6-10(5-12(17)8-13)15(18)9-20-14-4-2-3-11(16)7-14/h2-8,15,17-18H,9H2,1H3. The molecule has 2 N–H and O–H groups in total. The number of methoxy groups -OCH3 is 1. The molecule has 0 aromatic heterocycles. The minimum absolute atomic E-state index is 0.0751. The maximum absolute atomic E-state index is 10.2. The minimum atomic E-state index is -0.694. The van der Waals surface area contributed by atoms with Gasteiger partial charge in [-0.3, -0.25) is 0 Å². The van der Waals surface area contributed by atoms with Gasteiger partial charge in [-0.05, 0) is 35.9 Å². The van der Waals surface area contributed by atoms with E-state index < -0.39 is 6.10 Å². The summed E-state index contributed by atoms with van der Waals surface area (Å²) < 4.78 is 5.07. The van der Waals surface area contributed by atoms with E-state index in [-0.39, 0.29) is 5.75 Å². The van der Waals surface area contributed by atoms with Crippen LogP contribution in [0.1, 0.15) is 11.7 Å². The molecule has 1 atom stereocenters. The number of hydrogen-bond donors (Lipinski definition) is 2. The second-order valence-corrected chi connectivity index (χ2v) is 5.78. The number of halogens is 1. The van der Waals surface area contributed by atoms with Gasteiger partial charge in [-0.2, -0.15) is 0 Å². The van der Waals surface area contributed by atoms with Gasteiger partial charge in [0, 0.05) is 21.7 Å². The molecule has 0 amide bonds. The van der Waals surface area contributed by atoms with Crippen molar-refractivity contribution in [1.82, 2.24) is 0 Å². The second-order valence-electron chi connectivity index (χ2n) is 4.25. The van der Waals surface area contributed by atoms with Crippen molar-refractivity contribution in [3.63, 3.8) is 0 Å². The molecule has 0 aliphatic carbocycles. The monoisotopic (exact) mass is 310 g/mol. The highest BCUT2D eigenvalue weighted by Crippen LogP contribution is 2.30. The zero-order chi connectivity index (χ0) is 14.5. The number of benzene rings is 2. The van der Waals surface area contributed by atoms with Crippen LogP contribution in [-0.4, -0.2) is 23.1 Å². The molecule has 0 bridgehead atoms. The summed E-state index contributed by atoms with van der Waals surface area (Å²) in [7, 11) is 1.52. The Morgan fingerprint density at radius 1 is 1.25 bits per heavy atom. The predicted octanol–water partition coefficient (Wildman–Crippen LogP) is 3.88. The van der Waals surface area contributed by atoms with E-state index >= 15 is 0 Å². The highest BCUT2D eigenvalue weighted by atomic mass is 35.5. The lowest BCUT2D eigenvalue weighted by molar-refractivity contribution is 0.203. The maximum atomic E-state index is 10.2. The highest BCUT2D eigenvalue weighted by molar-refractivity contribution is 7.99. The summed E-state index contributed by atoms with van der Waals surface area (Å²) in [6.45, 7) is 0. The average Bonchev–Trinajstić information content (AvgIpc) is 2.44. The SMILES string of the molecule is COc1cc(O)cc(C(O)CSc2cccc(Cl)c2)c1. The molecular weight excluding hydrogens is 296 g/mol. The molecule has 20 heavy (non-hydrogen) atoms. The molecule has 0 spiro atoms. The van der Waals surface area contributed by atoms with Gasteiger partial charge in [-0.1, -0.05) is 17.7 Å². The maximum Gasteiger partial charge on any atom is 0.122 e. The highest BCUT2D eigenvalue weighted by Gasteiger charge is 2.11. The molecule has 106 valence electrons. The Hall–Kier alpha value is -1.36. The van der Waals surface area contributed by atoms with Crippen molar-refractivity contribution in [3.8, 4) is 11.5 Å². The van der Waals surface area contributed by atoms with Gasteiger partial charge in [0.25, 0.3) is 0 Å². The van der Waals surface area contributed by atoms with Crippen LogP contribution >= 0.6 is 23.4 Å². The van der Waals surface area contributed by atoms with E-state index in [0.717, 1.165) is 4.90 Å². The van der Waals surface area contributed by atoms with E-state index in [1.165, 1.54) is 31.0 Å². The van der Waals surface area contributed by atoms with Crippen molar-refractivity contribution in [1.29, 1.82) is 0 Å². The molecule has 0 fully saturated rings. The van der Waals surface area contributed by atoms with Crippen LogP contribution in [0.15, 0.2) is 47.4 Å². The van der Waals surface area contributed by atoms with Crippen LogP contribution in [-0.2, 0) is 0 Å². The van der Waals surface area contributed by atoms with Crippen molar-refractivity contribution < 1.29 is 14.9 Å². The third-order valence-electron chi connectivity index (χ3n) is 2.74. The topological polar surface area (TPSA) is 49.7 Å². The smallest absolute Gasteiger partial charge is 0.122 e. The number of thioether (sulfide) groups is 1. The molecule has 1 unspecified atom stereocenters. The molecule has 0 radical (unpaired) electrons. The molecule has 0 saturated carbocycles. The number of rotatable bonds is 5. The van der Waals surface area contributed by atoms with E-state index in [4.69, 9.17) is 16.3 Å². The van der Waals surface area contributed by atoms with Gasteiger partial charge >= 0.3 is 0 Å².